The molecule has 0 bridgehead atoms. The van der Waals surface area contributed by atoms with Gasteiger partial charge in [-0.05, 0) is 67.3 Å². The Balaban J connectivity index is 1.79. The molecular formula is C23H27NO5. The summed E-state index contributed by atoms with van der Waals surface area (Å²) in [6.45, 7) is 7.19. The van der Waals surface area contributed by atoms with Gasteiger partial charge in [-0.15, -0.1) is 0 Å². The molecule has 0 radical (unpaired) electrons. The number of nitrogens with one attached hydrogen (secondary N) is 1. The standard InChI is InChI=1S/C23H27NO5/c1-15(2)9-22(26)24-19-7-5-18(6-8-19)21(25)13-29-23(27)14-28-20-11-16(3)10-17(4)12-20/h5-8,10-12,15H,9,13-14H2,1-4H3,(H,24,26). The highest BCUT2D eigenvalue weighted by Crippen LogP contribution is 2.16. The number of esters is 1. The second-order valence-electron chi connectivity index (χ2n) is 7.42. The SMILES string of the molecule is Cc1cc(C)cc(OCC(=O)OCC(=O)c2ccc(NC(=O)CC(C)C)cc2)c1. The summed E-state index contributed by atoms with van der Waals surface area (Å²) < 4.78 is 10.4. The normalized spacial score (nSPS) is 10.5. The number of amides is 1. The van der Waals surface area contributed by atoms with Crippen LogP contribution in [0.25, 0.3) is 0 Å². The average Bonchev–Trinajstić information content (AvgIpc) is 2.63. The lowest BCUT2D eigenvalue weighted by molar-refractivity contribution is -0.144. The van der Waals surface area contributed by atoms with Crippen LogP contribution in [-0.4, -0.2) is 30.9 Å². The largest absolute Gasteiger partial charge is 0.482 e. The molecule has 2 rings (SSSR count). The molecule has 1 amide bonds. The Morgan fingerprint density at radius 3 is 2.14 bits per heavy atom. The van der Waals surface area contributed by atoms with E-state index in [1.165, 1.54) is 0 Å². The molecule has 154 valence electrons. The second kappa shape index (κ2) is 10.4. The van der Waals surface area contributed by atoms with Gasteiger partial charge in [0, 0.05) is 17.7 Å². The van der Waals surface area contributed by atoms with Crippen LogP contribution in [0.4, 0.5) is 5.69 Å². The van der Waals surface area contributed by atoms with E-state index in [0.29, 0.717) is 23.4 Å². The first-order valence-electron chi connectivity index (χ1n) is 9.52. The molecular weight excluding hydrogens is 370 g/mol. The first-order chi connectivity index (χ1) is 13.7. The van der Waals surface area contributed by atoms with Gasteiger partial charge in [0.1, 0.15) is 5.75 Å². The van der Waals surface area contributed by atoms with Gasteiger partial charge >= 0.3 is 5.97 Å². The van der Waals surface area contributed by atoms with Gasteiger partial charge in [0.2, 0.25) is 5.91 Å². The fraction of sp³-hybridized carbons (Fsp3) is 0.348. The summed E-state index contributed by atoms with van der Waals surface area (Å²) in [4.78, 5) is 35.8. The van der Waals surface area contributed by atoms with Gasteiger partial charge < -0.3 is 14.8 Å². The number of hydrogen-bond acceptors (Lipinski definition) is 5. The first kappa shape index (κ1) is 22.1. The van der Waals surface area contributed by atoms with Gasteiger partial charge in [0.25, 0.3) is 0 Å². The van der Waals surface area contributed by atoms with Gasteiger partial charge in [-0.3, -0.25) is 9.59 Å². The summed E-state index contributed by atoms with van der Waals surface area (Å²) in [6, 6.07) is 12.1. The number of ether oxygens (including phenoxy) is 2. The topological polar surface area (TPSA) is 81.7 Å². The van der Waals surface area contributed by atoms with E-state index in [-0.39, 0.29) is 30.8 Å². The minimum Gasteiger partial charge on any atom is -0.482 e. The van der Waals surface area contributed by atoms with Crippen LogP contribution in [0, 0.1) is 19.8 Å². The molecule has 0 fully saturated rings. The van der Waals surface area contributed by atoms with Crippen LogP contribution >= 0.6 is 0 Å². The fourth-order valence-electron chi connectivity index (χ4n) is 2.75. The molecule has 2 aromatic carbocycles. The van der Waals surface area contributed by atoms with Gasteiger partial charge in [-0.1, -0.05) is 19.9 Å². The number of carbonyl (C=O) groups excluding carboxylic acids is 3. The molecule has 1 N–H and O–H groups in total. The maximum atomic E-state index is 12.2. The van der Waals surface area contributed by atoms with Crippen molar-refractivity contribution < 1.29 is 23.9 Å². The van der Waals surface area contributed by atoms with Gasteiger partial charge in [-0.2, -0.15) is 0 Å². The number of rotatable bonds is 9. The monoisotopic (exact) mass is 397 g/mol. The highest BCUT2D eigenvalue weighted by Gasteiger charge is 2.12. The Hall–Kier alpha value is -3.15. The molecule has 0 saturated heterocycles. The number of anilines is 1. The predicted octanol–water partition coefficient (Wildman–Crippen LogP) is 4.09. The molecule has 29 heavy (non-hydrogen) atoms. The molecule has 0 spiro atoms. The van der Waals surface area contributed by atoms with E-state index in [1.807, 2.05) is 45.9 Å². The summed E-state index contributed by atoms with van der Waals surface area (Å²) in [7, 11) is 0. The Bertz CT molecular complexity index is 851. The van der Waals surface area contributed by atoms with Crippen molar-refractivity contribution in [2.45, 2.75) is 34.1 Å². The Kier molecular flexibility index (Phi) is 7.95. The highest BCUT2D eigenvalue weighted by atomic mass is 16.6. The Morgan fingerprint density at radius 1 is 0.931 bits per heavy atom. The van der Waals surface area contributed by atoms with Crippen molar-refractivity contribution in [2.75, 3.05) is 18.5 Å². The van der Waals surface area contributed by atoms with Gasteiger partial charge in [-0.25, -0.2) is 4.79 Å². The maximum absolute atomic E-state index is 12.2. The van der Waals surface area contributed by atoms with Crippen molar-refractivity contribution >= 4 is 23.3 Å². The molecule has 0 atom stereocenters. The minimum absolute atomic E-state index is 0.0724. The lowest BCUT2D eigenvalue weighted by atomic mass is 10.1. The zero-order chi connectivity index (χ0) is 21.4. The average molecular weight is 397 g/mol. The van der Waals surface area contributed by atoms with Crippen molar-refractivity contribution in [3.05, 3.63) is 59.2 Å². The number of ketones is 1. The molecule has 0 unspecified atom stereocenters. The third kappa shape index (κ3) is 7.78. The van der Waals surface area contributed by atoms with Crippen molar-refractivity contribution in [3.8, 4) is 5.75 Å². The Labute approximate surface area is 171 Å². The molecule has 2 aromatic rings. The molecule has 0 aromatic heterocycles. The van der Waals surface area contributed by atoms with E-state index in [0.717, 1.165) is 11.1 Å². The summed E-state index contributed by atoms with van der Waals surface area (Å²) in [5, 5.41) is 2.78. The zero-order valence-corrected chi connectivity index (χ0v) is 17.3. The van der Waals surface area contributed by atoms with Crippen LogP contribution in [-0.2, 0) is 14.3 Å². The summed E-state index contributed by atoms with van der Waals surface area (Å²) in [6.07, 6.45) is 0.431. The van der Waals surface area contributed by atoms with Crippen LogP contribution in [0.3, 0.4) is 0 Å². The number of hydrogen-bond donors (Lipinski definition) is 1. The fourth-order valence-corrected chi connectivity index (χ4v) is 2.75. The van der Waals surface area contributed by atoms with E-state index >= 15 is 0 Å². The van der Waals surface area contributed by atoms with E-state index in [2.05, 4.69) is 5.32 Å². The molecule has 6 nitrogen and oxygen atoms in total. The zero-order valence-electron chi connectivity index (χ0n) is 17.3. The molecule has 0 saturated carbocycles. The van der Waals surface area contributed by atoms with Crippen LogP contribution in [0.1, 0.15) is 41.8 Å². The van der Waals surface area contributed by atoms with Crippen molar-refractivity contribution in [2.24, 2.45) is 5.92 Å². The molecule has 0 aliphatic heterocycles. The third-order valence-corrected chi connectivity index (χ3v) is 4.00. The first-order valence-corrected chi connectivity index (χ1v) is 9.52. The number of Topliss-reactive ketones (excluding diaryl/α,β-unsaturated/α-hetero) is 1. The number of aryl methyl sites for hydroxylation is 2. The number of carbonyl (C=O) groups is 3. The van der Waals surface area contributed by atoms with Crippen molar-refractivity contribution in [1.29, 1.82) is 0 Å². The van der Waals surface area contributed by atoms with Crippen LogP contribution in [0.15, 0.2) is 42.5 Å². The molecule has 0 aliphatic carbocycles. The Morgan fingerprint density at radius 2 is 1.55 bits per heavy atom. The van der Waals surface area contributed by atoms with Gasteiger partial charge in [0.15, 0.2) is 19.0 Å². The highest BCUT2D eigenvalue weighted by molar-refractivity contribution is 5.98. The molecule has 6 heteroatoms. The van der Waals surface area contributed by atoms with Gasteiger partial charge in [0.05, 0.1) is 0 Å². The van der Waals surface area contributed by atoms with E-state index in [9.17, 15) is 14.4 Å². The van der Waals surface area contributed by atoms with Crippen LogP contribution in [0.5, 0.6) is 5.75 Å². The molecule has 0 aliphatic rings. The summed E-state index contributed by atoms with van der Waals surface area (Å²) >= 11 is 0. The van der Waals surface area contributed by atoms with E-state index < -0.39 is 5.97 Å². The van der Waals surface area contributed by atoms with Crippen LogP contribution in [0.2, 0.25) is 0 Å². The van der Waals surface area contributed by atoms with Crippen LogP contribution < -0.4 is 10.1 Å². The second-order valence-corrected chi connectivity index (χ2v) is 7.42. The third-order valence-electron chi connectivity index (χ3n) is 4.00. The van der Waals surface area contributed by atoms with Crippen molar-refractivity contribution in [1.82, 2.24) is 0 Å². The predicted molar refractivity (Wildman–Crippen MR) is 111 cm³/mol. The van der Waals surface area contributed by atoms with E-state index in [4.69, 9.17) is 9.47 Å². The lowest BCUT2D eigenvalue weighted by Crippen LogP contribution is -2.19. The quantitative estimate of drug-likeness (QED) is 0.509. The smallest absolute Gasteiger partial charge is 0.344 e. The maximum Gasteiger partial charge on any atom is 0.344 e. The number of benzene rings is 2. The summed E-state index contributed by atoms with van der Waals surface area (Å²) in [5.74, 6) is -0.165. The lowest BCUT2D eigenvalue weighted by Gasteiger charge is -2.09. The van der Waals surface area contributed by atoms with Crippen molar-refractivity contribution in [3.63, 3.8) is 0 Å². The van der Waals surface area contributed by atoms with E-state index in [1.54, 1.807) is 24.3 Å². The molecule has 0 heterocycles. The summed E-state index contributed by atoms with van der Waals surface area (Å²) in [5.41, 5.74) is 3.08. The minimum atomic E-state index is -0.616.